The van der Waals surface area contributed by atoms with Crippen LogP contribution in [0.1, 0.15) is 19.8 Å². The average molecular weight is 301 g/mol. The van der Waals surface area contributed by atoms with E-state index in [1.54, 1.807) is 7.05 Å². The maximum atomic E-state index is 12.3. The highest BCUT2D eigenvalue weighted by atomic mass is 32.2. The predicted molar refractivity (Wildman–Crippen MR) is 77.6 cm³/mol. The fourth-order valence-corrected chi connectivity index (χ4v) is 3.67. The van der Waals surface area contributed by atoms with Crippen LogP contribution < -0.4 is 10.5 Å². The standard InChI is InChI=1S/C12H23N5O2S/c1-12(4-6-16(2)7-5-12)9-14-20(18,19)10-8-17(3)15-11(10)13/h8,14H,4-7,9H2,1-3H3,(H2,13,15). The number of nitrogens with one attached hydrogen (secondary N) is 1. The number of piperidine rings is 1. The number of nitrogens with zero attached hydrogens (tertiary/aromatic N) is 3. The number of nitrogen functional groups attached to an aromatic ring is 1. The molecule has 0 spiro atoms. The number of rotatable bonds is 4. The molecule has 114 valence electrons. The van der Waals surface area contributed by atoms with Crippen LogP contribution in [0.15, 0.2) is 11.1 Å². The van der Waals surface area contributed by atoms with Crippen LogP contribution in [0.2, 0.25) is 0 Å². The number of hydrogen-bond acceptors (Lipinski definition) is 5. The zero-order chi connectivity index (χ0) is 15.0. The highest BCUT2D eigenvalue weighted by molar-refractivity contribution is 7.89. The molecule has 0 radical (unpaired) electrons. The van der Waals surface area contributed by atoms with Crippen LogP contribution >= 0.6 is 0 Å². The minimum absolute atomic E-state index is 0.00342. The Hall–Kier alpha value is -1.12. The second kappa shape index (κ2) is 5.34. The summed E-state index contributed by atoms with van der Waals surface area (Å²) >= 11 is 0. The monoisotopic (exact) mass is 301 g/mol. The molecule has 0 saturated carbocycles. The van der Waals surface area contributed by atoms with E-state index in [4.69, 9.17) is 5.73 Å². The molecule has 3 N–H and O–H groups in total. The topological polar surface area (TPSA) is 93.2 Å². The van der Waals surface area contributed by atoms with Gasteiger partial charge in [0.15, 0.2) is 5.82 Å². The molecule has 1 aromatic rings. The summed E-state index contributed by atoms with van der Waals surface area (Å²) in [6.07, 6.45) is 3.39. The zero-order valence-corrected chi connectivity index (χ0v) is 13.1. The maximum absolute atomic E-state index is 12.3. The Morgan fingerprint density at radius 1 is 1.40 bits per heavy atom. The molecule has 7 nitrogen and oxygen atoms in total. The highest BCUT2D eigenvalue weighted by Crippen LogP contribution is 2.30. The third kappa shape index (κ3) is 3.31. The van der Waals surface area contributed by atoms with Crippen molar-refractivity contribution < 1.29 is 8.42 Å². The quantitative estimate of drug-likeness (QED) is 0.817. The van der Waals surface area contributed by atoms with Crippen molar-refractivity contribution in [2.24, 2.45) is 12.5 Å². The molecule has 0 amide bonds. The molecule has 2 rings (SSSR count). The fraction of sp³-hybridized carbons (Fsp3) is 0.750. The molecule has 1 aliphatic heterocycles. The fourth-order valence-electron chi connectivity index (χ4n) is 2.37. The summed E-state index contributed by atoms with van der Waals surface area (Å²) in [5.41, 5.74) is 5.63. The zero-order valence-electron chi connectivity index (χ0n) is 12.3. The Morgan fingerprint density at radius 2 is 2.00 bits per heavy atom. The summed E-state index contributed by atoms with van der Waals surface area (Å²) in [4.78, 5) is 2.31. The van der Waals surface area contributed by atoms with Gasteiger partial charge in [-0.2, -0.15) is 5.10 Å². The van der Waals surface area contributed by atoms with Crippen LogP contribution in [-0.4, -0.2) is 49.8 Å². The van der Waals surface area contributed by atoms with Gasteiger partial charge in [-0.15, -0.1) is 0 Å². The lowest BCUT2D eigenvalue weighted by Gasteiger charge is -2.37. The van der Waals surface area contributed by atoms with Gasteiger partial charge in [-0.05, 0) is 38.4 Å². The molecule has 1 fully saturated rings. The summed E-state index contributed by atoms with van der Waals surface area (Å²) < 4.78 is 28.6. The number of nitrogens with two attached hydrogens (primary N) is 1. The molecular formula is C12H23N5O2S. The van der Waals surface area contributed by atoms with E-state index >= 15 is 0 Å². The van der Waals surface area contributed by atoms with Gasteiger partial charge in [-0.3, -0.25) is 4.68 Å². The number of likely N-dealkylation sites (tertiary alicyclic amines) is 1. The van der Waals surface area contributed by atoms with Gasteiger partial charge < -0.3 is 10.6 Å². The van der Waals surface area contributed by atoms with Crippen molar-refractivity contribution in [2.45, 2.75) is 24.7 Å². The Balaban J connectivity index is 2.04. The normalized spacial score (nSPS) is 20.1. The molecule has 20 heavy (non-hydrogen) atoms. The summed E-state index contributed by atoms with van der Waals surface area (Å²) in [6, 6.07) is 0. The lowest BCUT2D eigenvalue weighted by atomic mass is 9.81. The Bertz CT molecular complexity index is 573. The third-order valence-electron chi connectivity index (χ3n) is 3.99. The Kier molecular flexibility index (Phi) is 4.08. The van der Waals surface area contributed by atoms with Gasteiger partial charge in [0, 0.05) is 19.8 Å². The Labute approximate surface area is 120 Å². The SMILES string of the molecule is CN1CCC(C)(CNS(=O)(=O)c2cn(C)nc2N)CC1. The molecule has 1 aliphatic rings. The van der Waals surface area contributed by atoms with Crippen molar-refractivity contribution in [3.63, 3.8) is 0 Å². The molecular weight excluding hydrogens is 278 g/mol. The second-order valence-corrected chi connectivity index (χ2v) is 7.73. The molecule has 0 aliphatic carbocycles. The van der Waals surface area contributed by atoms with E-state index in [1.807, 2.05) is 0 Å². The van der Waals surface area contributed by atoms with E-state index in [1.165, 1.54) is 10.9 Å². The molecule has 0 bridgehead atoms. The van der Waals surface area contributed by atoms with Crippen molar-refractivity contribution in [3.8, 4) is 0 Å². The van der Waals surface area contributed by atoms with Crippen LogP contribution in [-0.2, 0) is 17.1 Å². The lowest BCUT2D eigenvalue weighted by Crippen LogP contribution is -2.43. The predicted octanol–water partition coefficient (Wildman–Crippen LogP) is 0.0125. The van der Waals surface area contributed by atoms with Crippen molar-refractivity contribution >= 4 is 15.8 Å². The van der Waals surface area contributed by atoms with E-state index < -0.39 is 10.0 Å². The van der Waals surface area contributed by atoms with Gasteiger partial charge >= 0.3 is 0 Å². The molecule has 8 heteroatoms. The first kappa shape index (κ1) is 15.3. The number of aromatic nitrogens is 2. The van der Waals surface area contributed by atoms with Crippen molar-refractivity contribution in [3.05, 3.63) is 6.20 Å². The molecule has 0 unspecified atom stereocenters. The number of hydrogen-bond donors (Lipinski definition) is 2. The van der Waals surface area contributed by atoms with E-state index in [2.05, 4.69) is 28.7 Å². The van der Waals surface area contributed by atoms with Crippen LogP contribution in [0.4, 0.5) is 5.82 Å². The van der Waals surface area contributed by atoms with Gasteiger partial charge in [0.05, 0.1) is 0 Å². The third-order valence-corrected chi connectivity index (χ3v) is 5.41. The molecule has 0 aromatic carbocycles. The summed E-state index contributed by atoms with van der Waals surface area (Å²) in [5.74, 6) is 0.0357. The van der Waals surface area contributed by atoms with Gasteiger partial charge in [-0.25, -0.2) is 13.1 Å². The van der Waals surface area contributed by atoms with Crippen LogP contribution in [0.3, 0.4) is 0 Å². The summed E-state index contributed by atoms with van der Waals surface area (Å²) in [7, 11) is 0.137. The van der Waals surface area contributed by atoms with E-state index in [0.29, 0.717) is 6.54 Å². The van der Waals surface area contributed by atoms with Gasteiger partial charge in [0.1, 0.15) is 4.90 Å². The highest BCUT2D eigenvalue weighted by Gasteiger charge is 2.31. The van der Waals surface area contributed by atoms with Crippen LogP contribution in [0, 0.1) is 5.41 Å². The van der Waals surface area contributed by atoms with E-state index in [9.17, 15) is 8.42 Å². The van der Waals surface area contributed by atoms with Crippen molar-refractivity contribution in [1.82, 2.24) is 19.4 Å². The molecule has 0 atom stereocenters. The minimum atomic E-state index is -3.59. The molecule has 2 heterocycles. The second-order valence-electron chi connectivity index (χ2n) is 5.99. The minimum Gasteiger partial charge on any atom is -0.381 e. The molecule has 1 saturated heterocycles. The smallest absolute Gasteiger partial charge is 0.245 e. The van der Waals surface area contributed by atoms with E-state index in [0.717, 1.165) is 25.9 Å². The first-order valence-electron chi connectivity index (χ1n) is 6.69. The largest absolute Gasteiger partial charge is 0.381 e. The summed E-state index contributed by atoms with van der Waals surface area (Å²) in [6.45, 7) is 4.53. The summed E-state index contributed by atoms with van der Waals surface area (Å²) in [5, 5.41) is 3.87. The maximum Gasteiger partial charge on any atom is 0.245 e. The van der Waals surface area contributed by atoms with Crippen molar-refractivity contribution in [1.29, 1.82) is 0 Å². The lowest BCUT2D eigenvalue weighted by molar-refractivity contribution is 0.143. The number of sulfonamides is 1. The van der Waals surface area contributed by atoms with Gasteiger partial charge in [0.2, 0.25) is 10.0 Å². The van der Waals surface area contributed by atoms with Crippen molar-refractivity contribution in [2.75, 3.05) is 32.4 Å². The van der Waals surface area contributed by atoms with Gasteiger partial charge in [-0.1, -0.05) is 6.92 Å². The first-order chi connectivity index (χ1) is 9.22. The first-order valence-corrected chi connectivity index (χ1v) is 8.17. The van der Waals surface area contributed by atoms with Crippen LogP contribution in [0.25, 0.3) is 0 Å². The van der Waals surface area contributed by atoms with Crippen LogP contribution in [0.5, 0.6) is 0 Å². The van der Waals surface area contributed by atoms with E-state index in [-0.39, 0.29) is 16.1 Å². The average Bonchev–Trinajstić information content (AvgIpc) is 2.71. The Morgan fingerprint density at radius 3 is 2.50 bits per heavy atom. The number of anilines is 1. The molecule has 1 aromatic heterocycles. The number of aryl methyl sites for hydroxylation is 1. The van der Waals surface area contributed by atoms with Gasteiger partial charge in [0.25, 0.3) is 0 Å².